The molecule has 8 heteroatoms. The van der Waals surface area contributed by atoms with E-state index >= 15 is 0 Å². The van der Waals surface area contributed by atoms with Crippen LogP contribution in [0.4, 0.5) is 4.79 Å². The third-order valence-corrected chi connectivity index (χ3v) is 10.7. The number of aromatic nitrogens is 1. The zero-order valence-electron chi connectivity index (χ0n) is 20.7. The van der Waals surface area contributed by atoms with Gasteiger partial charge in [0.25, 0.3) is 0 Å². The molecule has 0 N–H and O–H groups in total. The van der Waals surface area contributed by atoms with Gasteiger partial charge in [0.1, 0.15) is 22.6 Å². The number of halogens is 1. The summed E-state index contributed by atoms with van der Waals surface area (Å²) in [5.41, 5.74) is -0.448. The molecule has 31 heavy (non-hydrogen) atoms. The topological polar surface area (TPSA) is 60.9 Å². The Morgan fingerprint density at radius 1 is 1.26 bits per heavy atom. The third-order valence-electron chi connectivity index (χ3n) is 6.02. The lowest BCUT2D eigenvalue weighted by Gasteiger charge is -2.37. The summed E-state index contributed by atoms with van der Waals surface area (Å²) in [5.74, 6) is 0. The number of nitrogens with zero attached hydrogens (tertiary/aromatic N) is 2. The Morgan fingerprint density at radius 2 is 1.87 bits per heavy atom. The van der Waals surface area contributed by atoms with E-state index in [2.05, 4.69) is 38.8 Å². The molecule has 176 valence electrons. The van der Waals surface area contributed by atoms with Crippen molar-refractivity contribution >= 4 is 26.0 Å². The van der Waals surface area contributed by atoms with Gasteiger partial charge in [0.05, 0.1) is 12.6 Å². The average molecular weight is 471 g/mol. The summed E-state index contributed by atoms with van der Waals surface area (Å²) in [4.78, 5) is 19.0. The second kappa shape index (κ2) is 9.00. The first-order valence-corrected chi connectivity index (χ1v) is 14.2. The lowest BCUT2D eigenvalue weighted by molar-refractivity contribution is -0.0855. The molecule has 6 nitrogen and oxygen atoms in total. The second-order valence-electron chi connectivity index (χ2n) is 11.3. The first-order chi connectivity index (χ1) is 13.9. The second-order valence-corrected chi connectivity index (χ2v) is 16.5. The first-order valence-electron chi connectivity index (χ1n) is 10.9. The van der Waals surface area contributed by atoms with Crippen molar-refractivity contribution in [3.05, 3.63) is 29.0 Å². The Balaban J connectivity index is 2.35. The predicted octanol–water partition coefficient (Wildman–Crippen LogP) is 6.04. The summed E-state index contributed by atoms with van der Waals surface area (Å²) >= 11 is 6.11. The van der Waals surface area contributed by atoms with E-state index in [1.165, 1.54) is 0 Å². The van der Waals surface area contributed by atoms with Crippen molar-refractivity contribution in [3.8, 4) is 0 Å². The fraction of sp³-hybridized carbons (Fsp3) is 0.739. The Hall–Kier alpha value is -1.15. The lowest BCUT2D eigenvalue weighted by Crippen LogP contribution is -2.51. The quantitative estimate of drug-likeness (QED) is 0.387. The Kier molecular flexibility index (Phi) is 7.58. The van der Waals surface area contributed by atoms with E-state index in [1.54, 1.807) is 11.1 Å². The van der Waals surface area contributed by atoms with Crippen molar-refractivity contribution in [2.45, 2.75) is 103 Å². The van der Waals surface area contributed by atoms with E-state index in [0.717, 1.165) is 5.56 Å². The van der Waals surface area contributed by atoms with Crippen molar-refractivity contribution in [2.24, 2.45) is 0 Å². The highest BCUT2D eigenvalue weighted by molar-refractivity contribution is 6.74. The predicted molar refractivity (Wildman–Crippen MR) is 127 cm³/mol. The van der Waals surface area contributed by atoms with Gasteiger partial charge < -0.3 is 13.9 Å². The largest absolute Gasteiger partial charge is 0.444 e. The fourth-order valence-corrected chi connectivity index (χ4v) is 4.63. The summed E-state index contributed by atoms with van der Waals surface area (Å²) in [7, 11) is -1.98. The minimum atomic E-state index is -1.98. The lowest BCUT2D eigenvalue weighted by atomic mass is 10.0. The molecular weight excluding hydrogens is 432 g/mol. The van der Waals surface area contributed by atoms with Crippen molar-refractivity contribution in [3.63, 3.8) is 0 Å². The molecule has 0 aliphatic carbocycles. The number of rotatable bonds is 5. The van der Waals surface area contributed by atoms with Crippen LogP contribution in [0.2, 0.25) is 23.3 Å². The van der Waals surface area contributed by atoms with E-state index in [-0.39, 0.29) is 17.2 Å². The van der Waals surface area contributed by atoms with Crippen molar-refractivity contribution in [2.75, 3.05) is 6.61 Å². The van der Waals surface area contributed by atoms with Gasteiger partial charge >= 0.3 is 6.09 Å². The maximum atomic E-state index is 13.2. The van der Waals surface area contributed by atoms with Crippen molar-refractivity contribution in [1.29, 1.82) is 0 Å². The van der Waals surface area contributed by atoms with Crippen molar-refractivity contribution in [1.82, 2.24) is 9.88 Å². The summed E-state index contributed by atoms with van der Waals surface area (Å²) in [6.45, 7) is 20.9. The van der Waals surface area contributed by atoms with Gasteiger partial charge in [-0.1, -0.05) is 32.4 Å². The average Bonchev–Trinajstić information content (AvgIpc) is 2.80. The van der Waals surface area contributed by atoms with E-state index in [9.17, 15) is 4.79 Å². The highest BCUT2D eigenvalue weighted by Gasteiger charge is 2.52. The molecule has 2 atom stereocenters. The van der Waals surface area contributed by atoms with E-state index in [0.29, 0.717) is 18.2 Å². The summed E-state index contributed by atoms with van der Waals surface area (Å²) < 4.78 is 18.6. The smallest absolute Gasteiger partial charge is 0.412 e. The molecule has 1 aromatic rings. The number of hydrogen-bond acceptors (Lipinski definition) is 5. The Morgan fingerprint density at radius 3 is 2.39 bits per heavy atom. The third kappa shape index (κ3) is 6.67. The SMILES string of the molecule is CC(C)(C)OC(=O)N1C(Cc2ccnc(Cl)c2)C(CO[Si](C)(C)C(C)(C)C)OC1(C)C. The minimum absolute atomic E-state index is 0.0834. The zero-order valence-corrected chi connectivity index (χ0v) is 22.5. The van der Waals surface area contributed by atoms with Crippen LogP contribution in [0.5, 0.6) is 0 Å². The highest BCUT2D eigenvalue weighted by atomic mass is 35.5. The van der Waals surface area contributed by atoms with Gasteiger partial charge in [-0.15, -0.1) is 0 Å². The van der Waals surface area contributed by atoms with E-state index in [4.69, 9.17) is 25.5 Å². The number of pyridine rings is 1. The maximum absolute atomic E-state index is 13.2. The van der Waals surface area contributed by atoms with E-state index in [1.807, 2.05) is 46.8 Å². The van der Waals surface area contributed by atoms with Crippen LogP contribution in [0, 0.1) is 0 Å². The molecule has 1 amide bonds. The van der Waals surface area contributed by atoms with Crippen LogP contribution in [0.15, 0.2) is 18.3 Å². The molecule has 2 heterocycles. The Bertz CT molecular complexity index is 787. The number of amides is 1. The molecule has 1 fully saturated rings. The van der Waals surface area contributed by atoms with Crippen molar-refractivity contribution < 1.29 is 18.7 Å². The Labute approximate surface area is 193 Å². The van der Waals surface area contributed by atoms with Crippen LogP contribution in [-0.4, -0.2) is 54.4 Å². The van der Waals surface area contributed by atoms with Crippen LogP contribution >= 0.6 is 11.6 Å². The van der Waals surface area contributed by atoms with Gasteiger partial charge in [0, 0.05) is 6.20 Å². The molecule has 1 aliphatic heterocycles. The van der Waals surface area contributed by atoms with Crippen LogP contribution in [0.1, 0.15) is 61.0 Å². The molecule has 0 spiro atoms. The summed E-state index contributed by atoms with van der Waals surface area (Å²) in [6.07, 6.45) is 1.56. The monoisotopic (exact) mass is 470 g/mol. The molecule has 0 bridgehead atoms. The van der Waals surface area contributed by atoms with Crippen LogP contribution in [0.25, 0.3) is 0 Å². The molecule has 0 saturated carbocycles. The standard InChI is InChI=1S/C23H39ClN2O4Si/c1-21(2,3)30-20(27)26-17(13-16-11-12-25-19(24)14-16)18(29-23(26,7)8)15-28-31(9,10)22(4,5)6/h11-12,14,17-18H,13,15H2,1-10H3. The molecule has 1 aromatic heterocycles. The normalized spacial score (nSPS) is 22.0. The molecule has 2 rings (SSSR count). The van der Waals surface area contributed by atoms with Gasteiger partial charge in [-0.2, -0.15) is 0 Å². The molecule has 1 aliphatic rings. The van der Waals surface area contributed by atoms with E-state index < -0.39 is 25.7 Å². The molecular formula is C23H39ClN2O4Si. The summed E-state index contributed by atoms with van der Waals surface area (Å²) in [6, 6.07) is 3.48. The molecule has 2 unspecified atom stereocenters. The van der Waals surface area contributed by atoms with Gasteiger partial charge in [0.15, 0.2) is 8.32 Å². The number of ether oxygens (including phenoxy) is 2. The number of hydrogen-bond donors (Lipinski definition) is 0. The number of carbonyl (C=O) groups excluding carboxylic acids is 1. The van der Waals surface area contributed by atoms with Gasteiger partial charge in [0.2, 0.25) is 0 Å². The van der Waals surface area contributed by atoms with Gasteiger partial charge in [-0.05, 0) is 76.9 Å². The molecule has 0 aromatic carbocycles. The maximum Gasteiger partial charge on any atom is 0.412 e. The summed E-state index contributed by atoms with van der Waals surface area (Å²) in [5, 5.41) is 0.508. The highest BCUT2D eigenvalue weighted by Crippen LogP contribution is 2.39. The molecule has 0 radical (unpaired) electrons. The number of carbonyl (C=O) groups is 1. The van der Waals surface area contributed by atoms with Crippen LogP contribution in [-0.2, 0) is 20.3 Å². The fourth-order valence-electron chi connectivity index (χ4n) is 3.42. The zero-order chi connectivity index (χ0) is 23.8. The van der Waals surface area contributed by atoms with Gasteiger partial charge in [-0.3, -0.25) is 4.90 Å². The van der Waals surface area contributed by atoms with Crippen LogP contribution in [0.3, 0.4) is 0 Å². The van der Waals surface area contributed by atoms with Gasteiger partial charge in [-0.25, -0.2) is 9.78 Å². The molecule has 1 saturated heterocycles. The van der Waals surface area contributed by atoms with Crippen LogP contribution < -0.4 is 0 Å². The first kappa shape index (κ1) is 26.1. The minimum Gasteiger partial charge on any atom is -0.444 e.